The summed E-state index contributed by atoms with van der Waals surface area (Å²) in [5.41, 5.74) is 17.4. The highest BCUT2D eigenvalue weighted by atomic mass is 16.5. The van der Waals surface area contributed by atoms with Gasteiger partial charge in [0.15, 0.2) is 0 Å². The van der Waals surface area contributed by atoms with E-state index in [9.17, 15) is 0 Å². The van der Waals surface area contributed by atoms with Gasteiger partial charge in [0.2, 0.25) is 0 Å². The van der Waals surface area contributed by atoms with E-state index >= 15 is 0 Å². The molecule has 2 unspecified atom stereocenters. The van der Waals surface area contributed by atoms with Crippen LogP contribution in [0.1, 0.15) is 78.2 Å². The Hall–Kier alpha value is -8.60. The van der Waals surface area contributed by atoms with Crippen molar-refractivity contribution in [3.05, 3.63) is 293 Å². The van der Waals surface area contributed by atoms with E-state index in [1.54, 1.807) is 0 Å². The third-order valence-corrected chi connectivity index (χ3v) is 13.2. The van der Waals surface area contributed by atoms with Crippen LogP contribution in [-0.2, 0) is 26.4 Å². The van der Waals surface area contributed by atoms with Crippen molar-refractivity contribution in [2.45, 2.75) is 46.2 Å². The summed E-state index contributed by atoms with van der Waals surface area (Å²) in [5.74, 6) is 3.02. The highest BCUT2D eigenvalue weighted by Crippen LogP contribution is 2.48. The summed E-state index contributed by atoms with van der Waals surface area (Å²) in [4.78, 5) is 0. The SMILES string of the molecule is C=Cc1ccc(COc2ccc(C3=CC(C(c4cc(-c5ccc(OCc6ccc(C=C)cc6)cc5)ccc4OCc4ccc(C=C)cc4)c4cc(C)cc(C)c4OCc4ccc(C=C)cc4)C=C3)cc2)cc1. The zero-order chi connectivity index (χ0) is 49.8. The van der Waals surface area contributed by atoms with Crippen LogP contribution >= 0.6 is 0 Å². The lowest BCUT2D eigenvalue weighted by atomic mass is 9.78. The second-order valence-electron chi connectivity index (χ2n) is 18.3. The molecule has 4 nitrogen and oxygen atoms in total. The van der Waals surface area contributed by atoms with Crippen LogP contribution in [0.25, 0.3) is 41.0 Å². The first kappa shape index (κ1) is 48.4. The molecule has 356 valence electrons. The molecule has 8 aromatic carbocycles. The summed E-state index contributed by atoms with van der Waals surface area (Å²) in [6, 6.07) is 61.1. The highest BCUT2D eigenvalue weighted by molar-refractivity contribution is 5.78. The smallest absolute Gasteiger partial charge is 0.126 e. The lowest BCUT2D eigenvalue weighted by molar-refractivity contribution is 0.294. The Morgan fingerprint density at radius 2 is 0.861 bits per heavy atom. The number of allylic oxidation sites excluding steroid dienone is 4. The van der Waals surface area contributed by atoms with Crippen LogP contribution in [0.15, 0.2) is 220 Å². The van der Waals surface area contributed by atoms with Gasteiger partial charge in [-0.05, 0) is 123 Å². The van der Waals surface area contributed by atoms with Crippen LogP contribution in [-0.4, -0.2) is 0 Å². The number of hydrogen-bond donors (Lipinski definition) is 0. The fourth-order valence-corrected chi connectivity index (χ4v) is 9.17. The highest BCUT2D eigenvalue weighted by Gasteiger charge is 2.31. The zero-order valence-electron chi connectivity index (χ0n) is 41.2. The largest absolute Gasteiger partial charge is 0.489 e. The van der Waals surface area contributed by atoms with Crippen LogP contribution in [0.4, 0.5) is 0 Å². The van der Waals surface area contributed by atoms with E-state index in [-0.39, 0.29) is 11.8 Å². The lowest BCUT2D eigenvalue weighted by Crippen LogP contribution is -2.15. The first-order valence-electron chi connectivity index (χ1n) is 24.5. The molecular weight excluding hydrogens is 881 g/mol. The fourth-order valence-electron chi connectivity index (χ4n) is 9.17. The molecule has 0 aliphatic heterocycles. The second kappa shape index (κ2) is 22.9. The minimum absolute atomic E-state index is 0.0642. The predicted molar refractivity (Wildman–Crippen MR) is 300 cm³/mol. The molecule has 0 N–H and O–H groups in total. The van der Waals surface area contributed by atoms with Crippen molar-refractivity contribution in [3.8, 4) is 34.1 Å². The Morgan fingerprint density at radius 1 is 0.431 bits per heavy atom. The second-order valence-corrected chi connectivity index (χ2v) is 18.3. The average molecular weight is 941 g/mol. The number of aryl methyl sites for hydroxylation is 2. The van der Waals surface area contributed by atoms with Gasteiger partial charge in [0, 0.05) is 23.0 Å². The summed E-state index contributed by atoms with van der Waals surface area (Å²) in [6.07, 6.45) is 14.4. The topological polar surface area (TPSA) is 36.9 Å². The molecule has 0 amide bonds. The van der Waals surface area contributed by atoms with E-state index in [0.29, 0.717) is 26.4 Å². The molecule has 4 heteroatoms. The molecule has 0 heterocycles. The maximum absolute atomic E-state index is 6.97. The number of rotatable bonds is 21. The van der Waals surface area contributed by atoms with Gasteiger partial charge in [-0.15, -0.1) is 0 Å². The van der Waals surface area contributed by atoms with Gasteiger partial charge in [0.25, 0.3) is 0 Å². The standard InChI is InChI=1S/C68H60O4/c1-7-49-11-19-53(20-12-49)43-69-62-34-29-57(30-35-62)59-27-28-61(41-59)67(65-40-47(5)39-48(6)68(65)72-46-56-25-17-52(10-4)18-26-56)64-42-60(33-38-66(64)71-45-55-23-15-51(9-3)16-24-55)58-31-36-63(37-32-58)70-44-54-21-13-50(8-2)14-22-54/h7-42,61,67H,1-4,43-46H2,5-6H3. The summed E-state index contributed by atoms with van der Waals surface area (Å²) in [5, 5.41) is 0. The maximum Gasteiger partial charge on any atom is 0.126 e. The van der Waals surface area contributed by atoms with E-state index in [1.807, 2.05) is 36.4 Å². The lowest BCUT2D eigenvalue weighted by Gasteiger charge is -2.29. The quantitative estimate of drug-likeness (QED) is 0.0719. The van der Waals surface area contributed by atoms with Crippen LogP contribution in [0.5, 0.6) is 23.0 Å². The predicted octanol–water partition coefficient (Wildman–Crippen LogP) is 17.3. The molecule has 2 atom stereocenters. The molecule has 9 rings (SSSR count). The number of benzene rings is 8. The molecule has 0 radical (unpaired) electrons. The molecule has 0 fully saturated rings. The van der Waals surface area contributed by atoms with Gasteiger partial charge in [-0.25, -0.2) is 0 Å². The summed E-state index contributed by atoms with van der Waals surface area (Å²) < 4.78 is 26.4. The Bertz CT molecular complexity index is 3230. The third-order valence-electron chi connectivity index (χ3n) is 13.2. The van der Waals surface area contributed by atoms with E-state index in [4.69, 9.17) is 18.9 Å². The van der Waals surface area contributed by atoms with Crippen molar-refractivity contribution >= 4 is 29.9 Å². The van der Waals surface area contributed by atoms with Crippen molar-refractivity contribution in [1.82, 2.24) is 0 Å². The molecule has 0 saturated heterocycles. The van der Waals surface area contributed by atoms with E-state index < -0.39 is 0 Å². The average Bonchev–Trinajstić information content (AvgIpc) is 3.92. The molecule has 0 saturated carbocycles. The number of ether oxygens (including phenoxy) is 4. The molecular formula is C68H60O4. The summed E-state index contributed by atoms with van der Waals surface area (Å²) in [7, 11) is 0. The zero-order valence-corrected chi connectivity index (χ0v) is 41.2. The van der Waals surface area contributed by atoms with Crippen molar-refractivity contribution in [2.75, 3.05) is 0 Å². The van der Waals surface area contributed by atoms with Crippen molar-refractivity contribution in [2.24, 2.45) is 5.92 Å². The Labute approximate surface area is 425 Å². The van der Waals surface area contributed by atoms with Crippen molar-refractivity contribution in [3.63, 3.8) is 0 Å². The summed E-state index contributed by atoms with van der Waals surface area (Å²) >= 11 is 0. The number of hydrogen-bond acceptors (Lipinski definition) is 4. The Kier molecular flexibility index (Phi) is 15.4. The van der Waals surface area contributed by atoms with Crippen LogP contribution in [0, 0.1) is 19.8 Å². The molecule has 72 heavy (non-hydrogen) atoms. The van der Waals surface area contributed by atoms with Gasteiger partial charge in [0.05, 0.1) is 0 Å². The molecule has 0 bridgehead atoms. The third kappa shape index (κ3) is 11.9. The van der Waals surface area contributed by atoms with Gasteiger partial charge >= 0.3 is 0 Å². The van der Waals surface area contributed by atoms with E-state index in [2.05, 4.69) is 222 Å². The van der Waals surface area contributed by atoms with Crippen molar-refractivity contribution in [1.29, 1.82) is 0 Å². The van der Waals surface area contributed by atoms with Crippen molar-refractivity contribution < 1.29 is 18.9 Å². The minimum atomic E-state index is -0.209. The molecule has 8 aromatic rings. The first-order chi connectivity index (χ1) is 35.2. The van der Waals surface area contributed by atoms with Crippen LogP contribution < -0.4 is 18.9 Å². The Balaban J connectivity index is 1.09. The van der Waals surface area contributed by atoms with Crippen LogP contribution in [0.2, 0.25) is 0 Å². The molecule has 1 aliphatic rings. The van der Waals surface area contributed by atoms with E-state index in [0.717, 1.165) is 112 Å². The van der Waals surface area contributed by atoms with E-state index in [1.165, 1.54) is 0 Å². The monoisotopic (exact) mass is 940 g/mol. The molecule has 0 aromatic heterocycles. The van der Waals surface area contributed by atoms with Gasteiger partial charge in [0.1, 0.15) is 49.4 Å². The molecule has 1 aliphatic carbocycles. The fraction of sp³-hybridized carbons (Fsp3) is 0.118. The van der Waals surface area contributed by atoms with Gasteiger partial charge in [-0.1, -0.05) is 214 Å². The first-order valence-corrected chi connectivity index (χ1v) is 24.5. The van der Waals surface area contributed by atoms with Gasteiger partial charge < -0.3 is 18.9 Å². The van der Waals surface area contributed by atoms with Crippen LogP contribution in [0.3, 0.4) is 0 Å². The summed E-state index contributed by atoms with van der Waals surface area (Å²) in [6.45, 7) is 21.7. The van der Waals surface area contributed by atoms with Gasteiger partial charge in [-0.2, -0.15) is 0 Å². The molecule has 0 spiro atoms. The normalized spacial score (nSPS) is 13.1. The Morgan fingerprint density at radius 3 is 1.33 bits per heavy atom. The van der Waals surface area contributed by atoms with Gasteiger partial charge in [-0.3, -0.25) is 0 Å². The minimum Gasteiger partial charge on any atom is -0.489 e. The maximum atomic E-state index is 6.97.